The van der Waals surface area contributed by atoms with Gasteiger partial charge < -0.3 is 4.42 Å². The van der Waals surface area contributed by atoms with E-state index in [0.29, 0.717) is 27.5 Å². The summed E-state index contributed by atoms with van der Waals surface area (Å²) in [5, 5.41) is 19.9. The van der Waals surface area contributed by atoms with Crippen molar-refractivity contribution in [1.29, 1.82) is 0 Å². The van der Waals surface area contributed by atoms with Crippen molar-refractivity contribution in [3.05, 3.63) is 104 Å². The summed E-state index contributed by atoms with van der Waals surface area (Å²) in [6, 6.07) is 19.1. The quantitative estimate of drug-likeness (QED) is 0.124. The van der Waals surface area contributed by atoms with Crippen LogP contribution in [0, 0.1) is 24.0 Å². The molecule has 0 saturated carbocycles. The molecule has 1 unspecified atom stereocenters. The van der Waals surface area contributed by atoms with Crippen molar-refractivity contribution in [3.8, 4) is 17.1 Å². The van der Waals surface area contributed by atoms with Crippen molar-refractivity contribution in [3.63, 3.8) is 0 Å². The number of fused-ring (bicyclic) bond motifs is 1. The molecule has 0 amide bonds. The van der Waals surface area contributed by atoms with Gasteiger partial charge in [0.15, 0.2) is 5.16 Å². The van der Waals surface area contributed by atoms with E-state index in [0.717, 1.165) is 16.8 Å². The maximum atomic E-state index is 13.6. The number of rotatable bonds is 6. The second kappa shape index (κ2) is 9.38. The molecule has 0 aliphatic carbocycles. The predicted octanol–water partition coefficient (Wildman–Crippen LogP) is 5.81. The van der Waals surface area contributed by atoms with Crippen LogP contribution in [0.2, 0.25) is 0 Å². The topological polar surface area (TPSA) is 117 Å². The molecule has 0 aliphatic rings. The molecule has 180 valence electrons. The van der Waals surface area contributed by atoms with Gasteiger partial charge in [-0.25, -0.2) is 4.98 Å². The fourth-order valence-electron chi connectivity index (χ4n) is 3.95. The molecule has 3 aromatic carbocycles. The van der Waals surface area contributed by atoms with Crippen LogP contribution in [-0.4, -0.2) is 24.7 Å². The van der Waals surface area contributed by atoms with Gasteiger partial charge in [-0.05, 0) is 68.3 Å². The lowest BCUT2D eigenvalue weighted by Crippen LogP contribution is -2.22. The Morgan fingerprint density at radius 2 is 1.69 bits per heavy atom. The van der Waals surface area contributed by atoms with Crippen LogP contribution in [0.15, 0.2) is 81.1 Å². The van der Waals surface area contributed by atoms with Crippen LogP contribution in [0.1, 0.15) is 29.2 Å². The number of thioether (sulfide) groups is 1. The molecule has 1 atom stereocenters. The third kappa shape index (κ3) is 4.50. The molecule has 2 heterocycles. The Morgan fingerprint density at radius 1 is 1.00 bits per heavy atom. The monoisotopic (exact) mass is 499 g/mol. The summed E-state index contributed by atoms with van der Waals surface area (Å²) < 4.78 is 7.50. The minimum Gasteiger partial charge on any atom is -0.419 e. The average molecular weight is 500 g/mol. The lowest BCUT2D eigenvalue weighted by atomic mass is 10.1. The van der Waals surface area contributed by atoms with Crippen molar-refractivity contribution in [2.45, 2.75) is 31.2 Å². The van der Waals surface area contributed by atoms with E-state index in [1.807, 2.05) is 51.1 Å². The smallest absolute Gasteiger partial charge is 0.269 e. The molecule has 0 spiro atoms. The minimum atomic E-state index is -0.465. The molecule has 0 aliphatic heterocycles. The van der Waals surface area contributed by atoms with Crippen LogP contribution in [0.5, 0.6) is 0 Å². The van der Waals surface area contributed by atoms with Gasteiger partial charge in [0.1, 0.15) is 0 Å². The fourth-order valence-corrected chi connectivity index (χ4v) is 4.91. The van der Waals surface area contributed by atoms with Crippen molar-refractivity contribution in [2.24, 2.45) is 0 Å². The molecule has 0 fully saturated rings. The number of hydrogen-bond acceptors (Lipinski definition) is 8. The normalized spacial score (nSPS) is 12.1. The lowest BCUT2D eigenvalue weighted by Gasteiger charge is -2.16. The highest BCUT2D eigenvalue weighted by Gasteiger charge is 2.21. The van der Waals surface area contributed by atoms with Gasteiger partial charge in [-0.2, -0.15) is 0 Å². The first-order chi connectivity index (χ1) is 17.3. The molecular weight excluding hydrogens is 478 g/mol. The average Bonchev–Trinajstić information content (AvgIpc) is 3.34. The second-order valence-electron chi connectivity index (χ2n) is 8.41. The first kappa shape index (κ1) is 23.4. The van der Waals surface area contributed by atoms with Crippen LogP contribution in [0.4, 0.5) is 5.69 Å². The minimum absolute atomic E-state index is 0.0193. The number of nitro benzene ring substituents is 1. The summed E-state index contributed by atoms with van der Waals surface area (Å²) in [5.74, 6) is 0.605. The molecule has 5 aromatic rings. The molecule has 9 nitrogen and oxygen atoms in total. The zero-order chi connectivity index (χ0) is 25.4. The number of non-ortho nitro benzene ring substituents is 1. The Morgan fingerprint density at radius 3 is 2.39 bits per heavy atom. The van der Waals surface area contributed by atoms with E-state index < -0.39 is 4.92 Å². The lowest BCUT2D eigenvalue weighted by molar-refractivity contribution is -0.384. The van der Waals surface area contributed by atoms with Crippen molar-refractivity contribution in [1.82, 2.24) is 19.7 Å². The van der Waals surface area contributed by atoms with E-state index in [1.165, 1.54) is 23.9 Å². The summed E-state index contributed by atoms with van der Waals surface area (Å²) in [7, 11) is 0. The van der Waals surface area contributed by atoms with Crippen molar-refractivity contribution in [2.75, 3.05) is 0 Å². The maximum absolute atomic E-state index is 13.6. The highest BCUT2D eigenvalue weighted by molar-refractivity contribution is 7.99. The van der Waals surface area contributed by atoms with E-state index in [4.69, 9.17) is 9.40 Å². The van der Waals surface area contributed by atoms with E-state index >= 15 is 0 Å². The van der Waals surface area contributed by atoms with Crippen molar-refractivity contribution < 1.29 is 9.34 Å². The van der Waals surface area contributed by atoms with Gasteiger partial charge in [0.05, 0.1) is 26.8 Å². The first-order valence-electron chi connectivity index (χ1n) is 11.2. The third-order valence-corrected chi connectivity index (χ3v) is 6.65. The summed E-state index contributed by atoms with van der Waals surface area (Å²) in [6.07, 6.45) is 0. The largest absolute Gasteiger partial charge is 0.419 e. The molecule has 0 saturated heterocycles. The van der Waals surface area contributed by atoms with Gasteiger partial charge >= 0.3 is 0 Å². The van der Waals surface area contributed by atoms with Gasteiger partial charge in [-0.1, -0.05) is 30.0 Å². The van der Waals surface area contributed by atoms with Gasteiger partial charge in [-0.3, -0.25) is 19.5 Å². The van der Waals surface area contributed by atoms with E-state index in [2.05, 4.69) is 16.3 Å². The molecule has 36 heavy (non-hydrogen) atoms. The van der Waals surface area contributed by atoms with Crippen LogP contribution >= 0.6 is 11.8 Å². The number of benzene rings is 3. The standard InChI is InChI=1S/C26H21N5O4S/c1-15-12-16(2)14-20(13-15)30-25(32)21-6-4-5-7-22(21)27-26(30)36-17(3)23-28-29-24(35-23)18-8-10-19(11-9-18)31(33)34/h4-14,17H,1-3H3. The van der Waals surface area contributed by atoms with E-state index in [9.17, 15) is 14.9 Å². The SMILES string of the molecule is Cc1cc(C)cc(-n2c(SC(C)c3nnc(-c4ccc([N+](=O)[O-])cc4)o3)nc3ccccc3c2=O)c1. The Labute approximate surface area is 210 Å². The highest BCUT2D eigenvalue weighted by atomic mass is 32.2. The zero-order valence-electron chi connectivity index (χ0n) is 19.7. The number of para-hydroxylation sites is 1. The first-order valence-corrected chi connectivity index (χ1v) is 12.0. The van der Waals surface area contributed by atoms with Gasteiger partial charge in [0, 0.05) is 17.7 Å². The molecule has 0 bridgehead atoms. The third-order valence-electron chi connectivity index (χ3n) is 5.61. The van der Waals surface area contributed by atoms with Crippen molar-refractivity contribution >= 4 is 28.4 Å². The maximum Gasteiger partial charge on any atom is 0.269 e. The summed E-state index contributed by atoms with van der Waals surface area (Å²) >= 11 is 1.34. The Hall–Kier alpha value is -4.31. The molecule has 0 N–H and O–H groups in total. The Balaban J connectivity index is 1.53. The Kier molecular flexibility index (Phi) is 6.11. The number of nitrogens with zero attached hydrogens (tertiary/aromatic N) is 5. The molecule has 0 radical (unpaired) electrons. The second-order valence-corrected chi connectivity index (χ2v) is 9.72. The van der Waals surface area contributed by atoms with Crippen LogP contribution < -0.4 is 5.56 Å². The van der Waals surface area contributed by atoms with Gasteiger partial charge in [0.25, 0.3) is 11.2 Å². The number of aromatic nitrogens is 4. The number of aryl methyl sites for hydroxylation is 2. The fraction of sp³-hybridized carbons (Fsp3) is 0.154. The summed E-state index contributed by atoms with van der Waals surface area (Å²) in [6.45, 7) is 5.87. The van der Waals surface area contributed by atoms with E-state index in [1.54, 1.807) is 22.8 Å². The molecule has 2 aromatic heterocycles. The van der Waals surface area contributed by atoms with Crippen LogP contribution in [0.25, 0.3) is 28.0 Å². The van der Waals surface area contributed by atoms with Gasteiger partial charge in [0.2, 0.25) is 11.8 Å². The van der Waals surface area contributed by atoms with Crippen LogP contribution in [-0.2, 0) is 0 Å². The zero-order valence-corrected chi connectivity index (χ0v) is 20.5. The van der Waals surface area contributed by atoms with Crippen LogP contribution in [0.3, 0.4) is 0 Å². The summed E-state index contributed by atoms with van der Waals surface area (Å²) in [4.78, 5) is 28.8. The summed E-state index contributed by atoms with van der Waals surface area (Å²) in [5.41, 5.74) is 3.83. The molecule has 5 rings (SSSR count). The van der Waals surface area contributed by atoms with Gasteiger partial charge in [-0.15, -0.1) is 10.2 Å². The highest BCUT2D eigenvalue weighted by Crippen LogP contribution is 2.35. The number of nitro groups is 1. The molecule has 10 heteroatoms. The number of hydrogen-bond donors (Lipinski definition) is 0. The Bertz CT molecular complexity index is 1640. The molecular formula is C26H21N5O4S. The predicted molar refractivity (Wildman–Crippen MR) is 137 cm³/mol. The van der Waals surface area contributed by atoms with E-state index in [-0.39, 0.29) is 22.4 Å².